The highest BCUT2D eigenvalue weighted by Gasteiger charge is 2.21. The Balaban J connectivity index is 1.33. The topological polar surface area (TPSA) is 77.1 Å². The maximum atomic E-state index is 12.8. The molecule has 0 saturated carbocycles. The van der Waals surface area contributed by atoms with Gasteiger partial charge in [-0.15, -0.1) is 0 Å². The summed E-state index contributed by atoms with van der Waals surface area (Å²) in [6.45, 7) is 4.96. The van der Waals surface area contributed by atoms with E-state index in [-0.39, 0.29) is 24.3 Å². The van der Waals surface area contributed by atoms with Crippen LogP contribution in [0.1, 0.15) is 42.1 Å². The zero-order chi connectivity index (χ0) is 23.0. The van der Waals surface area contributed by atoms with Crippen LogP contribution in [-0.4, -0.2) is 56.2 Å². The average Bonchev–Trinajstić information content (AvgIpc) is 2.87. The first-order valence-corrected chi connectivity index (χ1v) is 11.8. The molecule has 0 radical (unpaired) electrons. The number of carbonyl (C=O) groups is 2. The third-order valence-corrected chi connectivity index (χ3v) is 6.07. The van der Waals surface area contributed by atoms with Crippen molar-refractivity contribution in [3.63, 3.8) is 0 Å². The highest BCUT2D eigenvalue weighted by Crippen LogP contribution is 2.29. The molecular formula is C26H32N2O5. The number of fused-ring (bicyclic) bond motifs is 1. The predicted octanol–water partition coefficient (Wildman–Crippen LogP) is 3.46. The van der Waals surface area contributed by atoms with Crippen molar-refractivity contribution >= 4 is 11.8 Å². The molecule has 1 N–H and O–H groups in total. The number of likely N-dealkylation sites (tertiary alicyclic amines) is 1. The van der Waals surface area contributed by atoms with Gasteiger partial charge in [0.2, 0.25) is 0 Å². The molecule has 2 aliphatic rings. The second kappa shape index (κ2) is 11.1. The fourth-order valence-electron chi connectivity index (χ4n) is 4.27. The number of hydrogen-bond donors (Lipinski definition) is 1. The van der Waals surface area contributed by atoms with Crippen LogP contribution in [-0.2, 0) is 11.2 Å². The minimum atomic E-state index is -0.175. The molecule has 2 heterocycles. The Morgan fingerprint density at radius 2 is 1.88 bits per heavy atom. The van der Waals surface area contributed by atoms with Gasteiger partial charge in [0.15, 0.2) is 18.1 Å². The summed E-state index contributed by atoms with van der Waals surface area (Å²) in [6.07, 6.45) is 4.13. The largest absolute Gasteiger partial charge is 0.493 e. The van der Waals surface area contributed by atoms with Gasteiger partial charge in [0.1, 0.15) is 5.75 Å². The Morgan fingerprint density at radius 1 is 1.06 bits per heavy atom. The highest BCUT2D eigenvalue weighted by molar-refractivity contribution is 5.94. The number of amides is 2. The number of hydrogen-bond acceptors (Lipinski definition) is 5. The van der Waals surface area contributed by atoms with E-state index in [1.54, 1.807) is 18.2 Å². The maximum Gasteiger partial charge on any atom is 0.260 e. The number of benzene rings is 2. The maximum absolute atomic E-state index is 12.8. The second-order valence-electron chi connectivity index (χ2n) is 8.52. The van der Waals surface area contributed by atoms with Gasteiger partial charge in [0.05, 0.1) is 13.2 Å². The smallest absolute Gasteiger partial charge is 0.260 e. The number of nitrogens with one attached hydrogen (secondary N) is 1. The van der Waals surface area contributed by atoms with Crippen molar-refractivity contribution < 1.29 is 23.8 Å². The van der Waals surface area contributed by atoms with Gasteiger partial charge in [-0.3, -0.25) is 9.59 Å². The van der Waals surface area contributed by atoms with Crippen molar-refractivity contribution in [2.45, 2.75) is 32.6 Å². The predicted molar refractivity (Wildman–Crippen MR) is 125 cm³/mol. The minimum Gasteiger partial charge on any atom is -0.493 e. The van der Waals surface area contributed by atoms with Crippen LogP contribution in [0, 0.1) is 5.92 Å². The van der Waals surface area contributed by atoms with Gasteiger partial charge in [0, 0.05) is 31.1 Å². The SMILES string of the molecule is CCOc1cc(C(=O)NCC2COc3ccccc3C2)ccc1OCC(=O)N1CCCCC1. The standard InChI is InChI=1S/C26H32N2O5/c1-2-31-24-15-21(10-11-23(24)33-18-25(29)28-12-6-3-7-13-28)26(30)27-16-19-14-20-8-4-5-9-22(20)32-17-19/h4-5,8-11,15,19H,2-3,6-7,12-14,16-18H2,1H3,(H,27,30). The molecular weight excluding hydrogens is 420 g/mol. The Morgan fingerprint density at radius 3 is 2.70 bits per heavy atom. The summed E-state index contributed by atoms with van der Waals surface area (Å²) in [6, 6.07) is 13.1. The Kier molecular flexibility index (Phi) is 7.70. The molecule has 1 atom stereocenters. The second-order valence-corrected chi connectivity index (χ2v) is 8.52. The van der Waals surface area contributed by atoms with Crippen molar-refractivity contribution in [1.29, 1.82) is 0 Å². The van der Waals surface area contributed by atoms with Gasteiger partial charge in [-0.05, 0) is 62.4 Å². The zero-order valence-corrected chi connectivity index (χ0v) is 19.2. The number of ether oxygens (including phenoxy) is 3. The fraction of sp³-hybridized carbons (Fsp3) is 0.462. The first-order chi connectivity index (χ1) is 16.1. The van der Waals surface area contributed by atoms with Crippen LogP contribution in [0.15, 0.2) is 42.5 Å². The molecule has 2 aromatic rings. The summed E-state index contributed by atoms with van der Waals surface area (Å²) in [5.41, 5.74) is 1.66. The van der Waals surface area contributed by atoms with E-state index >= 15 is 0 Å². The summed E-state index contributed by atoms with van der Waals surface area (Å²) >= 11 is 0. The third kappa shape index (κ3) is 5.97. The summed E-state index contributed by atoms with van der Waals surface area (Å²) in [4.78, 5) is 27.0. The van der Waals surface area contributed by atoms with Crippen LogP contribution in [0.4, 0.5) is 0 Å². The highest BCUT2D eigenvalue weighted by atomic mass is 16.5. The van der Waals surface area contributed by atoms with Gasteiger partial charge in [-0.1, -0.05) is 18.2 Å². The molecule has 1 unspecified atom stereocenters. The molecule has 0 spiro atoms. The molecule has 2 aromatic carbocycles. The van der Waals surface area contributed by atoms with Crippen molar-refractivity contribution in [2.24, 2.45) is 5.92 Å². The molecule has 176 valence electrons. The number of rotatable bonds is 8. The lowest BCUT2D eigenvalue weighted by atomic mass is 9.96. The molecule has 1 fully saturated rings. The van der Waals surface area contributed by atoms with Crippen LogP contribution in [0.3, 0.4) is 0 Å². The molecule has 1 saturated heterocycles. The van der Waals surface area contributed by atoms with E-state index in [0.717, 1.165) is 38.1 Å². The van der Waals surface area contributed by atoms with E-state index in [9.17, 15) is 9.59 Å². The lowest BCUT2D eigenvalue weighted by Crippen LogP contribution is -2.38. The monoisotopic (exact) mass is 452 g/mol. The van der Waals surface area contributed by atoms with Crippen molar-refractivity contribution in [2.75, 3.05) is 39.5 Å². The molecule has 7 heteroatoms. The van der Waals surface area contributed by atoms with Crippen molar-refractivity contribution in [3.8, 4) is 17.2 Å². The van der Waals surface area contributed by atoms with E-state index < -0.39 is 0 Å². The lowest BCUT2D eigenvalue weighted by molar-refractivity contribution is -0.134. The molecule has 7 nitrogen and oxygen atoms in total. The van der Waals surface area contributed by atoms with Gasteiger partial charge < -0.3 is 24.4 Å². The van der Waals surface area contributed by atoms with Crippen LogP contribution in [0.2, 0.25) is 0 Å². The summed E-state index contributed by atoms with van der Waals surface area (Å²) < 4.78 is 17.3. The molecule has 0 bridgehead atoms. The molecule has 0 aromatic heterocycles. The first kappa shape index (κ1) is 23.0. The van der Waals surface area contributed by atoms with Crippen LogP contribution in [0.25, 0.3) is 0 Å². The van der Waals surface area contributed by atoms with Crippen LogP contribution >= 0.6 is 0 Å². The molecule has 0 aliphatic carbocycles. The quantitative estimate of drug-likeness (QED) is 0.664. The van der Waals surface area contributed by atoms with Crippen molar-refractivity contribution in [3.05, 3.63) is 53.6 Å². The van der Waals surface area contributed by atoms with Crippen LogP contribution in [0.5, 0.6) is 17.2 Å². The van der Waals surface area contributed by atoms with Gasteiger partial charge >= 0.3 is 0 Å². The Labute approximate surface area is 195 Å². The molecule has 4 rings (SSSR count). The summed E-state index contributed by atoms with van der Waals surface area (Å²) in [5.74, 6) is 1.89. The Bertz CT molecular complexity index is 971. The van der Waals surface area contributed by atoms with Gasteiger partial charge in [-0.2, -0.15) is 0 Å². The van der Waals surface area contributed by atoms with E-state index in [2.05, 4.69) is 11.4 Å². The van der Waals surface area contributed by atoms with E-state index in [0.29, 0.717) is 36.8 Å². The number of nitrogens with zero attached hydrogens (tertiary/aromatic N) is 1. The van der Waals surface area contributed by atoms with E-state index in [1.165, 1.54) is 12.0 Å². The first-order valence-electron chi connectivity index (χ1n) is 11.8. The van der Waals surface area contributed by atoms with Gasteiger partial charge in [0.25, 0.3) is 11.8 Å². The van der Waals surface area contributed by atoms with E-state index in [1.807, 2.05) is 30.0 Å². The average molecular weight is 453 g/mol. The zero-order valence-electron chi connectivity index (χ0n) is 19.2. The number of carbonyl (C=O) groups excluding carboxylic acids is 2. The minimum absolute atomic E-state index is 0.0183. The molecule has 2 aliphatic heterocycles. The third-order valence-electron chi connectivity index (χ3n) is 6.07. The number of para-hydroxylation sites is 1. The van der Waals surface area contributed by atoms with Crippen molar-refractivity contribution in [1.82, 2.24) is 10.2 Å². The Hall–Kier alpha value is -3.22. The molecule has 2 amide bonds. The van der Waals surface area contributed by atoms with Crippen LogP contribution < -0.4 is 19.5 Å². The normalized spacial score (nSPS) is 17.5. The summed E-state index contributed by atoms with van der Waals surface area (Å²) in [5, 5.41) is 3.01. The molecule has 33 heavy (non-hydrogen) atoms. The number of piperidine rings is 1. The fourth-order valence-corrected chi connectivity index (χ4v) is 4.27. The lowest BCUT2D eigenvalue weighted by Gasteiger charge is -2.26. The van der Waals surface area contributed by atoms with Gasteiger partial charge in [-0.25, -0.2) is 0 Å². The van der Waals surface area contributed by atoms with E-state index in [4.69, 9.17) is 14.2 Å². The summed E-state index contributed by atoms with van der Waals surface area (Å²) in [7, 11) is 0.